The lowest BCUT2D eigenvalue weighted by Gasteiger charge is -2.19. The molecule has 0 unspecified atom stereocenters. The summed E-state index contributed by atoms with van der Waals surface area (Å²) in [7, 11) is 0. The molecular formula is C8H12N2. The van der Waals surface area contributed by atoms with Crippen molar-refractivity contribution in [2.45, 2.75) is 26.3 Å². The lowest BCUT2D eigenvalue weighted by molar-refractivity contribution is 0.409. The minimum Gasteiger partial charge on any atom is -0.335 e. The van der Waals surface area contributed by atoms with Gasteiger partial charge in [0.2, 0.25) is 0 Å². The highest BCUT2D eigenvalue weighted by molar-refractivity contribution is 4.96. The molecular weight excluding hydrogens is 124 g/mol. The Labute approximate surface area is 60.9 Å². The van der Waals surface area contributed by atoms with Gasteiger partial charge >= 0.3 is 0 Å². The fourth-order valence-corrected chi connectivity index (χ4v) is 1.51. The van der Waals surface area contributed by atoms with E-state index >= 15 is 0 Å². The second-order valence-electron chi connectivity index (χ2n) is 3.13. The average molecular weight is 136 g/mol. The van der Waals surface area contributed by atoms with E-state index in [1.165, 1.54) is 12.2 Å². The van der Waals surface area contributed by atoms with Gasteiger partial charge in [-0.15, -0.1) is 0 Å². The van der Waals surface area contributed by atoms with Crippen LogP contribution in [0.2, 0.25) is 0 Å². The summed E-state index contributed by atoms with van der Waals surface area (Å²) >= 11 is 0. The van der Waals surface area contributed by atoms with E-state index in [0.29, 0.717) is 0 Å². The van der Waals surface area contributed by atoms with Gasteiger partial charge in [-0.05, 0) is 12.3 Å². The van der Waals surface area contributed by atoms with E-state index < -0.39 is 0 Å². The molecule has 0 radical (unpaired) electrons. The van der Waals surface area contributed by atoms with Gasteiger partial charge in [-0.1, -0.05) is 6.92 Å². The first-order chi connectivity index (χ1) is 4.86. The van der Waals surface area contributed by atoms with Gasteiger partial charge in [0.1, 0.15) is 5.82 Å². The zero-order chi connectivity index (χ0) is 6.97. The molecule has 1 aromatic heterocycles. The van der Waals surface area contributed by atoms with Crippen molar-refractivity contribution in [3.63, 3.8) is 0 Å². The van der Waals surface area contributed by atoms with Crippen molar-refractivity contribution in [2.24, 2.45) is 5.92 Å². The first kappa shape index (κ1) is 5.96. The van der Waals surface area contributed by atoms with Crippen molar-refractivity contribution in [2.75, 3.05) is 0 Å². The number of rotatable bonds is 0. The molecule has 54 valence electrons. The van der Waals surface area contributed by atoms with E-state index in [1.54, 1.807) is 0 Å². The number of imidazole rings is 1. The summed E-state index contributed by atoms with van der Waals surface area (Å²) in [4.78, 5) is 4.27. The summed E-state index contributed by atoms with van der Waals surface area (Å²) in [6, 6.07) is 0. The summed E-state index contributed by atoms with van der Waals surface area (Å²) in [6.45, 7) is 3.45. The zero-order valence-electron chi connectivity index (χ0n) is 6.25. The number of nitrogens with zero attached hydrogens (tertiary/aromatic N) is 2. The van der Waals surface area contributed by atoms with E-state index in [0.717, 1.165) is 18.9 Å². The molecule has 2 nitrogen and oxygen atoms in total. The van der Waals surface area contributed by atoms with Crippen LogP contribution in [0.15, 0.2) is 12.4 Å². The van der Waals surface area contributed by atoms with Gasteiger partial charge in [0.25, 0.3) is 0 Å². The molecule has 1 aromatic rings. The first-order valence-corrected chi connectivity index (χ1v) is 3.86. The molecule has 0 N–H and O–H groups in total. The van der Waals surface area contributed by atoms with Crippen molar-refractivity contribution in [3.8, 4) is 0 Å². The molecule has 0 fully saturated rings. The Hall–Kier alpha value is -0.790. The fourth-order valence-electron chi connectivity index (χ4n) is 1.51. The summed E-state index contributed by atoms with van der Waals surface area (Å²) < 4.78 is 2.25. The Morgan fingerprint density at radius 3 is 3.50 bits per heavy atom. The predicted octanol–water partition coefficient (Wildman–Crippen LogP) is 1.47. The third-order valence-corrected chi connectivity index (χ3v) is 2.20. The van der Waals surface area contributed by atoms with Crippen molar-refractivity contribution < 1.29 is 0 Å². The minimum absolute atomic E-state index is 0.829. The second kappa shape index (κ2) is 2.11. The van der Waals surface area contributed by atoms with Gasteiger partial charge in [-0.2, -0.15) is 0 Å². The Morgan fingerprint density at radius 1 is 1.70 bits per heavy atom. The van der Waals surface area contributed by atoms with E-state index in [9.17, 15) is 0 Å². The quantitative estimate of drug-likeness (QED) is 0.528. The van der Waals surface area contributed by atoms with Crippen LogP contribution in [-0.4, -0.2) is 9.55 Å². The SMILES string of the molecule is C[C@H]1CCn2ccnc2C1. The van der Waals surface area contributed by atoms with Crippen LogP contribution in [0.3, 0.4) is 0 Å². The van der Waals surface area contributed by atoms with E-state index in [4.69, 9.17) is 0 Å². The predicted molar refractivity (Wildman–Crippen MR) is 39.7 cm³/mol. The molecule has 0 amide bonds. The third kappa shape index (κ3) is 0.838. The lowest BCUT2D eigenvalue weighted by atomic mass is 10.0. The molecule has 1 aliphatic heterocycles. The van der Waals surface area contributed by atoms with Gasteiger partial charge in [-0.3, -0.25) is 0 Å². The van der Waals surface area contributed by atoms with Crippen LogP contribution in [-0.2, 0) is 13.0 Å². The van der Waals surface area contributed by atoms with Crippen LogP contribution < -0.4 is 0 Å². The molecule has 2 heteroatoms. The van der Waals surface area contributed by atoms with E-state index in [-0.39, 0.29) is 0 Å². The van der Waals surface area contributed by atoms with Crippen molar-refractivity contribution in [3.05, 3.63) is 18.2 Å². The normalized spacial score (nSPS) is 24.3. The number of hydrogen-bond donors (Lipinski definition) is 0. The first-order valence-electron chi connectivity index (χ1n) is 3.86. The van der Waals surface area contributed by atoms with Crippen LogP contribution >= 0.6 is 0 Å². The number of hydrogen-bond acceptors (Lipinski definition) is 1. The summed E-state index contributed by atoms with van der Waals surface area (Å²) in [5, 5.41) is 0. The Bertz CT molecular complexity index is 227. The number of fused-ring (bicyclic) bond motifs is 1. The Kier molecular flexibility index (Phi) is 1.26. The molecule has 1 aliphatic rings. The highest BCUT2D eigenvalue weighted by atomic mass is 15.1. The molecule has 0 bridgehead atoms. The molecule has 0 saturated heterocycles. The Morgan fingerprint density at radius 2 is 2.60 bits per heavy atom. The van der Waals surface area contributed by atoms with E-state index in [2.05, 4.69) is 22.7 Å². The molecule has 0 saturated carbocycles. The lowest BCUT2D eigenvalue weighted by Crippen LogP contribution is -2.16. The molecule has 0 spiro atoms. The van der Waals surface area contributed by atoms with Gasteiger partial charge in [-0.25, -0.2) is 4.98 Å². The van der Waals surface area contributed by atoms with Gasteiger partial charge in [0, 0.05) is 25.4 Å². The van der Waals surface area contributed by atoms with Gasteiger partial charge in [0.05, 0.1) is 0 Å². The van der Waals surface area contributed by atoms with Crippen LogP contribution in [0.4, 0.5) is 0 Å². The Balaban J connectivity index is 2.30. The van der Waals surface area contributed by atoms with Crippen molar-refractivity contribution in [1.29, 1.82) is 0 Å². The summed E-state index contributed by atoms with van der Waals surface area (Å²) in [5.74, 6) is 2.09. The maximum atomic E-state index is 4.27. The minimum atomic E-state index is 0.829. The average Bonchev–Trinajstić information content (AvgIpc) is 2.33. The summed E-state index contributed by atoms with van der Waals surface area (Å²) in [5.41, 5.74) is 0. The largest absolute Gasteiger partial charge is 0.335 e. The molecule has 2 heterocycles. The molecule has 0 aliphatic carbocycles. The number of aryl methyl sites for hydroxylation is 1. The van der Waals surface area contributed by atoms with E-state index in [1.807, 2.05) is 6.20 Å². The van der Waals surface area contributed by atoms with Crippen LogP contribution in [0.5, 0.6) is 0 Å². The highest BCUT2D eigenvalue weighted by Gasteiger charge is 2.13. The number of aromatic nitrogens is 2. The van der Waals surface area contributed by atoms with Crippen molar-refractivity contribution in [1.82, 2.24) is 9.55 Å². The topological polar surface area (TPSA) is 17.8 Å². The summed E-state index contributed by atoms with van der Waals surface area (Å²) in [6.07, 6.45) is 6.44. The van der Waals surface area contributed by atoms with Gasteiger partial charge < -0.3 is 4.57 Å². The second-order valence-corrected chi connectivity index (χ2v) is 3.13. The van der Waals surface area contributed by atoms with Crippen LogP contribution in [0, 0.1) is 5.92 Å². The van der Waals surface area contributed by atoms with Crippen LogP contribution in [0.25, 0.3) is 0 Å². The standard InChI is InChI=1S/C8H12N2/c1-7-2-4-10-5-3-9-8(10)6-7/h3,5,7H,2,4,6H2,1H3/t7-/m0/s1. The maximum Gasteiger partial charge on any atom is 0.108 e. The molecule has 10 heavy (non-hydrogen) atoms. The molecule has 1 atom stereocenters. The van der Waals surface area contributed by atoms with Gasteiger partial charge in [0.15, 0.2) is 0 Å². The highest BCUT2D eigenvalue weighted by Crippen LogP contribution is 2.17. The molecule has 0 aromatic carbocycles. The third-order valence-electron chi connectivity index (χ3n) is 2.20. The van der Waals surface area contributed by atoms with Crippen molar-refractivity contribution >= 4 is 0 Å². The zero-order valence-corrected chi connectivity index (χ0v) is 6.25. The van der Waals surface area contributed by atoms with Crippen LogP contribution in [0.1, 0.15) is 19.2 Å². The molecule has 2 rings (SSSR count). The smallest absolute Gasteiger partial charge is 0.108 e. The maximum absolute atomic E-state index is 4.27. The monoisotopic (exact) mass is 136 g/mol. The fraction of sp³-hybridized carbons (Fsp3) is 0.625.